The van der Waals surface area contributed by atoms with E-state index in [1.165, 1.54) is 24.3 Å². The Bertz CT molecular complexity index is 301. The summed E-state index contributed by atoms with van der Waals surface area (Å²) < 4.78 is 0. The van der Waals surface area contributed by atoms with E-state index in [1.54, 1.807) is 0 Å². The molecule has 0 atom stereocenters. The molecule has 0 radical (unpaired) electrons. The van der Waals surface area contributed by atoms with Crippen LogP contribution >= 0.6 is 0 Å². The monoisotopic (exact) mass is 220 g/mol. The first-order valence-corrected chi connectivity index (χ1v) is 6.26. The molecule has 1 saturated heterocycles. The molecule has 1 aromatic carbocycles. The van der Waals surface area contributed by atoms with E-state index in [9.17, 15) is 0 Å². The van der Waals surface area contributed by atoms with Gasteiger partial charge in [0.05, 0.1) is 0 Å². The SMILES string of the molecule is CC.Cc1ccccc1N1CCN(C)CC1. The van der Waals surface area contributed by atoms with Crippen molar-refractivity contribution in [3.63, 3.8) is 0 Å². The van der Waals surface area contributed by atoms with E-state index in [1.807, 2.05) is 13.8 Å². The number of benzene rings is 1. The van der Waals surface area contributed by atoms with Crippen LogP contribution in [0, 0.1) is 6.92 Å². The van der Waals surface area contributed by atoms with Crippen LogP contribution in [0.3, 0.4) is 0 Å². The molecule has 0 aliphatic carbocycles. The number of rotatable bonds is 1. The van der Waals surface area contributed by atoms with E-state index in [-0.39, 0.29) is 0 Å². The van der Waals surface area contributed by atoms with Gasteiger partial charge in [0.1, 0.15) is 0 Å². The van der Waals surface area contributed by atoms with Crippen LogP contribution in [0.2, 0.25) is 0 Å². The van der Waals surface area contributed by atoms with Crippen LogP contribution in [0.5, 0.6) is 0 Å². The Morgan fingerprint density at radius 1 is 0.938 bits per heavy atom. The van der Waals surface area contributed by atoms with E-state index in [2.05, 4.69) is 48.0 Å². The lowest BCUT2D eigenvalue weighted by molar-refractivity contribution is 0.312. The Kier molecular flexibility index (Phi) is 5.33. The highest BCUT2D eigenvalue weighted by molar-refractivity contribution is 5.53. The normalized spacial score (nSPS) is 16.6. The van der Waals surface area contributed by atoms with Crippen molar-refractivity contribution in [3.05, 3.63) is 29.8 Å². The fourth-order valence-corrected chi connectivity index (χ4v) is 1.97. The molecule has 0 spiro atoms. The highest BCUT2D eigenvalue weighted by Crippen LogP contribution is 2.20. The molecule has 0 amide bonds. The zero-order valence-electron chi connectivity index (χ0n) is 11.0. The number of aryl methyl sites for hydroxylation is 1. The summed E-state index contributed by atoms with van der Waals surface area (Å²) in [6, 6.07) is 8.64. The molecule has 0 bridgehead atoms. The number of anilines is 1. The maximum absolute atomic E-state index is 2.48. The minimum Gasteiger partial charge on any atom is -0.369 e. The van der Waals surface area contributed by atoms with E-state index in [0.29, 0.717) is 0 Å². The Balaban J connectivity index is 0.000000606. The third-order valence-corrected chi connectivity index (χ3v) is 2.96. The van der Waals surface area contributed by atoms with E-state index >= 15 is 0 Å². The molecule has 1 fully saturated rings. The number of likely N-dealkylation sites (N-methyl/N-ethyl adjacent to an activating group) is 1. The van der Waals surface area contributed by atoms with Crippen LogP contribution in [0.4, 0.5) is 5.69 Å². The van der Waals surface area contributed by atoms with E-state index in [4.69, 9.17) is 0 Å². The summed E-state index contributed by atoms with van der Waals surface area (Å²) in [6.07, 6.45) is 0. The van der Waals surface area contributed by atoms with Gasteiger partial charge in [0.2, 0.25) is 0 Å². The highest BCUT2D eigenvalue weighted by atomic mass is 15.2. The largest absolute Gasteiger partial charge is 0.369 e. The summed E-state index contributed by atoms with van der Waals surface area (Å²) in [5.41, 5.74) is 2.79. The fourth-order valence-electron chi connectivity index (χ4n) is 1.97. The molecule has 2 rings (SSSR count). The van der Waals surface area contributed by atoms with Gasteiger partial charge in [-0.3, -0.25) is 0 Å². The van der Waals surface area contributed by atoms with Gasteiger partial charge in [0.25, 0.3) is 0 Å². The molecule has 1 heterocycles. The first-order valence-electron chi connectivity index (χ1n) is 6.26. The van der Waals surface area contributed by atoms with E-state index < -0.39 is 0 Å². The predicted molar refractivity (Wildman–Crippen MR) is 72.2 cm³/mol. The van der Waals surface area contributed by atoms with Crippen molar-refractivity contribution in [2.45, 2.75) is 20.8 Å². The molecule has 2 nitrogen and oxygen atoms in total. The summed E-state index contributed by atoms with van der Waals surface area (Å²) in [4.78, 5) is 4.87. The second kappa shape index (κ2) is 6.54. The number of para-hydroxylation sites is 1. The quantitative estimate of drug-likeness (QED) is 0.718. The van der Waals surface area contributed by atoms with Crippen LogP contribution in [-0.2, 0) is 0 Å². The molecule has 0 saturated carbocycles. The van der Waals surface area contributed by atoms with Crippen molar-refractivity contribution in [3.8, 4) is 0 Å². The molecule has 0 aromatic heterocycles. The minimum atomic E-state index is 1.15. The molecule has 16 heavy (non-hydrogen) atoms. The maximum Gasteiger partial charge on any atom is 0.0396 e. The average molecular weight is 220 g/mol. The number of piperazine rings is 1. The van der Waals surface area contributed by atoms with Gasteiger partial charge in [0, 0.05) is 31.9 Å². The zero-order valence-corrected chi connectivity index (χ0v) is 11.0. The van der Waals surface area contributed by atoms with Gasteiger partial charge >= 0.3 is 0 Å². The van der Waals surface area contributed by atoms with Crippen LogP contribution in [-0.4, -0.2) is 38.1 Å². The predicted octanol–water partition coefficient (Wildman–Crippen LogP) is 2.77. The fraction of sp³-hybridized carbons (Fsp3) is 0.571. The van der Waals surface area contributed by atoms with Gasteiger partial charge in [-0.2, -0.15) is 0 Å². The van der Waals surface area contributed by atoms with Crippen LogP contribution in [0.1, 0.15) is 19.4 Å². The molecule has 1 aliphatic heterocycles. The molecule has 0 N–H and O–H groups in total. The average Bonchev–Trinajstić information content (AvgIpc) is 2.34. The van der Waals surface area contributed by atoms with Crippen molar-refractivity contribution in [1.29, 1.82) is 0 Å². The zero-order chi connectivity index (χ0) is 12.0. The maximum atomic E-state index is 2.48. The Morgan fingerprint density at radius 2 is 1.50 bits per heavy atom. The van der Waals surface area contributed by atoms with Gasteiger partial charge in [-0.25, -0.2) is 0 Å². The van der Waals surface area contributed by atoms with Crippen molar-refractivity contribution in [1.82, 2.24) is 4.90 Å². The van der Waals surface area contributed by atoms with Crippen molar-refractivity contribution in [2.24, 2.45) is 0 Å². The Labute approximate surface area is 99.9 Å². The molecular weight excluding hydrogens is 196 g/mol. The third kappa shape index (κ3) is 3.24. The third-order valence-electron chi connectivity index (χ3n) is 2.96. The van der Waals surface area contributed by atoms with Gasteiger partial charge in [-0.05, 0) is 25.6 Å². The van der Waals surface area contributed by atoms with Gasteiger partial charge in [0.15, 0.2) is 0 Å². The standard InChI is InChI=1S/C12H18N2.C2H6/c1-11-5-3-4-6-12(11)14-9-7-13(2)8-10-14;1-2/h3-6H,7-10H2,1-2H3;1-2H3. The number of hydrogen-bond donors (Lipinski definition) is 0. The molecule has 1 aliphatic rings. The molecule has 0 unspecified atom stereocenters. The van der Waals surface area contributed by atoms with Gasteiger partial charge < -0.3 is 9.80 Å². The van der Waals surface area contributed by atoms with Crippen LogP contribution in [0.25, 0.3) is 0 Å². The minimum absolute atomic E-state index is 1.15. The van der Waals surface area contributed by atoms with Crippen molar-refractivity contribution < 1.29 is 0 Å². The topological polar surface area (TPSA) is 6.48 Å². The summed E-state index contributed by atoms with van der Waals surface area (Å²) in [5.74, 6) is 0. The molecular formula is C14H24N2. The highest BCUT2D eigenvalue weighted by Gasteiger charge is 2.14. The van der Waals surface area contributed by atoms with Gasteiger partial charge in [-0.15, -0.1) is 0 Å². The first kappa shape index (κ1) is 13.0. The number of nitrogens with zero attached hydrogens (tertiary/aromatic N) is 2. The lowest BCUT2D eigenvalue weighted by atomic mass is 10.1. The van der Waals surface area contributed by atoms with Crippen molar-refractivity contribution in [2.75, 3.05) is 38.1 Å². The van der Waals surface area contributed by atoms with E-state index in [0.717, 1.165) is 13.1 Å². The second-order valence-corrected chi connectivity index (χ2v) is 4.08. The Morgan fingerprint density at radius 3 is 2.06 bits per heavy atom. The molecule has 90 valence electrons. The summed E-state index contributed by atoms with van der Waals surface area (Å²) in [7, 11) is 2.19. The lowest BCUT2D eigenvalue weighted by Gasteiger charge is -2.34. The number of hydrogen-bond acceptors (Lipinski definition) is 2. The lowest BCUT2D eigenvalue weighted by Crippen LogP contribution is -2.44. The smallest absolute Gasteiger partial charge is 0.0396 e. The second-order valence-electron chi connectivity index (χ2n) is 4.08. The van der Waals surface area contributed by atoms with Gasteiger partial charge in [-0.1, -0.05) is 32.0 Å². The summed E-state index contributed by atoms with van der Waals surface area (Å²) in [6.45, 7) is 10.8. The Hall–Kier alpha value is -1.02. The van der Waals surface area contributed by atoms with Crippen molar-refractivity contribution >= 4 is 5.69 Å². The molecule has 1 aromatic rings. The first-order chi connectivity index (χ1) is 7.77. The van der Waals surface area contributed by atoms with Crippen LogP contribution in [0.15, 0.2) is 24.3 Å². The summed E-state index contributed by atoms with van der Waals surface area (Å²) in [5, 5.41) is 0. The summed E-state index contributed by atoms with van der Waals surface area (Å²) >= 11 is 0. The van der Waals surface area contributed by atoms with Crippen LogP contribution < -0.4 is 4.90 Å². The molecule has 2 heteroatoms.